The van der Waals surface area contributed by atoms with Crippen LogP contribution in [0.3, 0.4) is 0 Å². The lowest BCUT2D eigenvalue weighted by Crippen LogP contribution is -2.49. The van der Waals surface area contributed by atoms with Crippen LogP contribution in [0, 0.1) is 35.5 Å². The number of ether oxygens (including phenoxy) is 1. The third kappa shape index (κ3) is 3.65. The molecule has 2 aromatic carbocycles. The molecule has 184 valence electrons. The van der Waals surface area contributed by atoms with Gasteiger partial charge in [0.1, 0.15) is 6.04 Å². The van der Waals surface area contributed by atoms with Crippen LogP contribution in [0.1, 0.15) is 29.3 Å². The molecule has 7 atom stereocenters. The van der Waals surface area contributed by atoms with E-state index in [1.165, 1.54) is 4.90 Å². The van der Waals surface area contributed by atoms with E-state index >= 15 is 0 Å². The Hall–Kier alpha value is -3.74. The lowest BCUT2D eigenvalue weighted by molar-refractivity contribution is -0.146. The zero-order valence-electron chi connectivity index (χ0n) is 20.0. The minimum absolute atomic E-state index is 0.0994. The Morgan fingerprint density at radius 1 is 0.944 bits per heavy atom. The van der Waals surface area contributed by atoms with Gasteiger partial charge in [0.15, 0.2) is 0 Å². The molecule has 2 aromatic rings. The van der Waals surface area contributed by atoms with E-state index in [2.05, 4.69) is 17.5 Å². The van der Waals surface area contributed by atoms with Crippen molar-refractivity contribution >= 4 is 29.4 Å². The number of benzene rings is 2. The third-order valence-corrected chi connectivity index (χ3v) is 8.25. The second-order valence-corrected chi connectivity index (χ2v) is 10.2. The topological polar surface area (TPSA) is 92.8 Å². The Morgan fingerprint density at radius 3 is 2.14 bits per heavy atom. The minimum Gasteiger partial charge on any atom is -0.462 e. The molecule has 4 aliphatic carbocycles. The predicted molar refractivity (Wildman–Crippen MR) is 132 cm³/mol. The van der Waals surface area contributed by atoms with Gasteiger partial charge in [0.2, 0.25) is 17.7 Å². The fraction of sp³-hybridized carbons (Fsp3) is 0.379. The second-order valence-electron chi connectivity index (χ2n) is 10.2. The highest BCUT2D eigenvalue weighted by Crippen LogP contribution is 2.65. The van der Waals surface area contributed by atoms with Crippen molar-refractivity contribution in [3.8, 4) is 0 Å². The molecule has 3 amide bonds. The van der Waals surface area contributed by atoms with Crippen molar-refractivity contribution < 1.29 is 23.9 Å². The van der Waals surface area contributed by atoms with Crippen LogP contribution in [-0.4, -0.2) is 41.2 Å². The second kappa shape index (κ2) is 8.73. The molecule has 1 saturated heterocycles. The molecule has 7 heteroatoms. The molecule has 5 aliphatic rings. The van der Waals surface area contributed by atoms with Crippen molar-refractivity contribution in [2.45, 2.75) is 25.8 Å². The first-order chi connectivity index (χ1) is 17.5. The molecular formula is C29H28N2O5. The smallest absolute Gasteiger partial charge is 0.338 e. The molecule has 1 aliphatic heterocycles. The molecule has 0 unspecified atom stereocenters. The zero-order chi connectivity index (χ0) is 25.0. The summed E-state index contributed by atoms with van der Waals surface area (Å²) < 4.78 is 5.01. The maximum atomic E-state index is 13.7. The summed E-state index contributed by atoms with van der Waals surface area (Å²) in [6.45, 7) is 2.01. The van der Waals surface area contributed by atoms with Crippen LogP contribution < -0.4 is 5.32 Å². The molecule has 36 heavy (non-hydrogen) atoms. The molecule has 0 aromatic heterocycles. The van der Waals surface area contributed by atoms with Gasteiger partial charge < -0.3 is 10.1 Å². The summed E-state index contributed by atoms with van der Waals surface area (Å²) in [6.07, 6.45) is 5.59. The maximum Gasteiger partial charge on any atom is 0.338 e. The number of nitrogens with zero attached hydrogens (tertiary/aromatic N) is 1. The number of rotatable bonds is 7. The zero-order valence-corrected chi connectivity index (χ0v) is 20.0. The number of carbonyl (C=O) groups is 4. The highest BCUT2D eigenvalue weighted by Gasteiger charge is 2.67. The van der Waals surface area contributed by atoms with E-state index < -0.39 is 17.9 Å². The van der Waals surface area contributed by atoms with Gasteiger partial charge in [-0.1, -0.05) is 42.5 Å². The Balaban J connectivity index is 1.27. The van der Waals surface area contributed by atoms with Crippen LogP contribution in [0.5, 0.6) is 0 Å². The summed E-state index contributed by atoms with van der Waals surface area (Å²) in [5.41, 5.74) is 1.73. The minimum atomic E-state index is -0.960. The predicted octanol–water partition coefficient (Wildman–Crippen LogP) is 3.47. The summed E-state index contributed by atoms with van der Waals surface area (Å²) >= 11 is 0. The van der Waals surface area contributed by atoms with E-state index in [1.54, 1.807) is 31.2 Å². The van der Waals surface area contributed by atoms with Crippen LogP contribution in [0.25, 0.3) is 0 Å². The van der Waals surface area contributed by atoms with E-state index in [4.69, 9.17) is 4.74 Å². The molecule has 1 heterocycles. The molecule has 3 fully saturated rings. The summed E-state index contributed by atoms with van der Waals surface area (Å²) in [6, 6.07) is 14.9. The van der Waals surface area contributed by atoms with Crippen molar-refractivity contribution in [1.82, 2.24) is 4.90 Å². The largest absolute Gasteiger partial charge is 0.462 e. The van der Waals surface area contributed by atoms with Crippen LogP contribution in [0.2, 0.25) is 0 Å². The molecule has 0 radical (unpaired) electrons. The lowest BCUT2D eigenvalue weighted by Gasteiger charge is -2.37. The van der Waals surface area contributed by atoms with Crippen molar-refractivity contribution in [2.75, 3.05) is 11.9 Å². The van der Waals surface area contributed by atoms with Crippen LogP contribution in [0.15, 0.2) is 66.7 Å². The summed E-state index contributed by atoms with van der Waals surface area (Å²) in [7, 11) is 0. The number of esters is 1. The first-order valence-electron chi connectivity index (χ1n) is 12.6. The fourth-order valence-corrected chi connectivity index (χ4v) is 6.56. The van der Waals surface area contributed by atoms with Crippen molar-refractivity contribution in [1.29, 1.82) is 0 Å². The molecule has 7 rings (SSSR count). The van der Waals surface area contributed by atoms with Gasteiger partial charge in [0.25, 0.3) is 0 Å². The van der Waals surface area contributed by atoms with E-state index in [1.807, 2.05) is 30.3 Å². The van der Waals surface area contributed by atoms with E-state index in [9.17, 15) is 19.2 Å². The van der Waals surface area contributed by atoms with Gasteiger partial charge in [0.05, 0.1) is 24.0 Å². The van der Waals surface area contributed by atoms with Gasteiger partial charge in [0, 0.05) is 12.1 Å². The number of likely N-dealkylation sites (tertiary alicyclic amines) is 1. The maximum absolute atomic E-state index is 13.7. The first-order valence-corrected chi connectivity index (χ1v) is 12.6. The van der Waals surface area contributed by atoms with Gasteiger partial charge >= 0.3 is 5.97 Å². The van der Waals surface area contributed by atoms with Crippen LogP contribution in [0.4, 0.5) is 5.69 Å². The quantitative estimate of drug-likeness (QED) is 0.369. The van der Waals surface area contributed by atoms with Crippen molar-refractivity contribution in [2.24, 2.45) is 35.5 Å². The number of allylic oxidation sites excluding steroid dienone is 2. The fourth-order valence-electron chi connectivity index (χ4n) is 6.56. The number of carbonyl (C=O) groups excluding carboxylic acids is 4. The average molecular weight is 485 g/mol. The van der Waals surface area contributed by atoms with Crippen LogP contribution in [-0.2, 0) is 25.5 Å². The summed E-state index contributed by atoms with van der Waals surface area (Å²) in [5, 5.41) is 2.86. The normalized spacial score (nSPS) is 30.0. The Bertz CT molecular complexity index is 1220. The molecule has 2 bridgehead atoms. The number of anilines is 1. The number of imide groups is 1. The number of nitrogens with one attached hydrogen (secondary N) is 1. The lowest BCUT2D eigenvalue weighted by atomic mass is 9.63. The van der Waals surface area contributed by atoms with E-state index in [0.717, 1.165) is 12.0 Å². The van der Waals surface area contributed by atoms with Crippen molar-refractivity contribution in [3.05, 3.63) is 77.9 Å². The molecule has 7 nitrogen and oxygen atoms in total. The molecule has 2 saturated carbocycles. The first kappa shape index (κ1) is 22.7. The highest BCUT2D eigenvalue weighted by atomic mass is 16.5. The number of hydrogen-bond donors (Lipinski definition) is 1. The molecule has 0 spiro atoms. The standard InChI is InChI=1S/C29H28N2O5/c1-2-36-29(35)17-8-10-18(11-9-17)30-26(32)23(14-16-6-4-3-5-7-16)31-27(33)24-19-12-13-20(22-15-21(19)22)25(24)28(31)34/h3-13,19-25H,2,14-15H2,1H3,(H,30,32)/t19-,20-,21-,22-,23+,24-,25+/m1/s1. The van der Waals surface area contributed by atoms with Crippen LogP contribution >= 0.6 is 0 Å². The monoisotopic (exact) mass is 484 g/mol. The Kier molecular flexibility index (Phi) is 5.51. The molecule has 1 N–H and O–H groups in total. The average Bonchev–Trinajstić information content (AvgIpc) is 3.67. The van der Waals surface area contributed by atoms with E-state index in [0.29, 0.717) is 23.1 Å². The van der Waals surface area contributed by atoms with Gasteiger partial charge in [-0.15, -0.1) is 0 Å². The summed E-state index contributed by atoms with van der Waals surface area (Å²) in [5.74, 6) is -0.813. The number of hydrogen-bond acceptors (Lipinski definition) is 5. The molecular weight excluding hydrogens is 456 g/mol. The SMILES string of the molecule is CCOC(=O)c1ccc(NC(=O)[C@H](Cc2ccccc2)N2C(=O)[C@@H]3[C@@H]4C=C[C@H]([C@H]5C[C@H]45)[C@@H]3C2=O)cc1. The van der Waals surface area contributed by atoms with E-state index in [-0.39, 0.29) is 48.5 Å². The highest BCUT2D eigenvalue weighted by molar-refractivity contribution is 6.10. The van der Waals surface area contributed by atoms with Gasteiger partial charge in [-0.05, 0) is 66.8 Å². The van der Waals surface area contributed by atoms with Gasteiger partial charge in [-0.25, -0.2) is 4.79 Å². The van der Waals surface area contributed by atoms with Gasteiger partial charge in [-0.2, -0.15) is 0 Å². The third-order valence-electron chi connectivity index (χ3n) is 8.25. The van der Waals surface area contributed by atoms with Gasteiger partial charge in [-0.3, -0.25) is 19.3 Å². The Labute approximate surface area is 209 Å². The summed E-state index contributed by atoms with van der Waals surface area (Å²) in [4.78, 5) is 54.2. The Morgan fingerprint density at radius 2 is 1.56 bits per heavy atom. The number of amides is 3. The van der Waals surface area contributed by atoms with Crippen molar-refractivity contribution in [3.63, 3.8) is 0 Å².